The van der Waals surface area contributed by atoms with Crippen molar-refractivity contribution in [2.24, 2.45) is 0 Å². The Labute approximate surface area is 108 Å². The maximum absolute atomic E-state index is 4.48. The summed E-state index contributed by atoms with van der Waals surface area (Å²) >= 11 is 3.47. The molecule has 0 bridgehead atoms. The summed E-state index contributed by atoms with van der Waals surface area (Å²) in [5, 5.41) is 3.25. The van der Waals surface area contributed by atoms with Gasteiger partial charge < -0.3 is 0 Å². The molecular formula is C13H10N2S2. The Morgan fingerprint density at radius 3 is 2.65 bits per heavy atom. The van der Waals surface area contributed by atoms with Crippen molar-refractivity contribution in [3.63, 3.8) is 0 Å². The van der Waals surface area contributed by atoms with Crippen molar-refractivity contribution < 1.29 is 0 Å². The van der Waals surface area contributed by atoms with E-state index in [1.165, 1.54) is 20.9 Å². The van der Waals surface area contributed by atoms with Gasteiger partial charge in [-0.2, -0.15) is 0 Å². The molecule has 0 amide bonds. The minimum Gasteiger partial charge on any atom is -0.265 e. The summed E-state index contributed by atoms with van der Waals surface area (Å²) in [5.74, 6) is 0. The lowest BCUT2D eigenvalue weighted by Crippen LogP contribution is -1.71. The van der Waals surface area contributed by atoms with Crippen LogP contribution in [0.2, 0.25) is 0 Å². The molecule has 0 aromatic carbocycles. The summed E-state index contributed by atoms with van der Waals surface area (Å²) < 4.78 is 0. The van der Waals surface area contributed by atoms with Gasteiger partial charge in [0.05, 0.1) is 9.75 Å². The normalized spacial score (nSPS) is 10.6. The standard InChI is InChI=1S/C13H10N2S2/c1-9-6-11(16-8-9)13-15-7-12(17-13)10-2-4-14-5-3-10/h2-8H,1H3. The first-order valence-corrected chi connectivity index (χ1v) is 6.94. The molecule has 3 heterocycles. The van der Waals surface area contributed by atoms with Gasteiger partial charge in [0.15, 0.2) is 0 Å². The van der Waals surface area contributed by atoms with Crippen LogP contribution in [-0.4, -0.2) is 9.97 Å². The number of hydrogen-bond donors (Lipinski definition) is 0. The molecule has 2 nitrogen and oxygen atoms in total. The molecular weight excluding hydrogens is 248 g/mol. The summed E-state index contributed by atoms with van der Waals surface area (Å²) in [5.41, 5.74) is 2.47. The number of aryl methyl sites for hydroxylation is 1. The van der Waals surface area contributed by atoms with Crippen LogP contribution in [0.4, 0.5) is 0 Å². The number of nitrogens with zero attached hydrogens (tertiary/aromatic N) is 2. The molecule has 0 N–H and O–H groups in total. The van der Waals surface area contributed by atoms with E-state index in [1.54, 1.807) is 22.7 Å². The molecule has 17 heavy (non-hydrogen) atoms. The van der Waals surface area contributed by atoms with E-state index in [1.807, 2.05) is 30.7 Å². The first-order chi connectivity index (χ1) is 8.33. The van der Waals surface area contributed by atoms with Gasteiger partial charge in [-0.05, 0) is 41.6 Å². The van der Waals surface area contributed by atoms with Crippen molar-refractivity contribution in [2.75, 3.05) is 0 Å². The zero-order valence-corrected chi connectivity index (χ0v) is 10.9. The third-order valence-corrected chi connectivity index (χ3v) is 4.68. The van der Waals surface area contributed by atoms with Gasteiger partial charge in [-0.15, -0.1) is 22.7 Å². The van der Waals surface area contributed by atoms with E-state index in [2.05, 4.69) is 28.3 Å². The van der Waals surface area contributed by atoms with E-state index in [9.17, 15) is 0 Å². The van der Waals surface area contributed by atoms with Crippen molar-refractivity contribution in [1.82, 2.24) is 9.97 Å². The van der Waals surface area contributed by atoms with Crippen molar-refractivity contribution in [2.45, 2.75) is 6.92 Å². The predicted molar refractivity (Wildman–Crippen MR) is 73.4 cm³/mol. The van der Waals surface area contributed by atoms with Gasteiger partial charge in [0.1, 0.15) is 5.01 Å². The highest BCUT2D eigenvalue weighted by Crippen LogP contribution is 2.34. The van der Waals surface area contributed by atoms with Crippen LogP contribution in [0, 0.1) is 6.92 Å². The van der Waals surface area contributed by atoms with E-state index < -0.39 is 0 Å². The second-order valence-electron chi connectivity index (χ2n) is 3.75. The number of thiazole rings is 1. The van der Waals surface area contributed by atoms with Crippen LogP contribution >= 0.6 is 22.7 Å². The largest absolute Gasteiger partial charge is 0.265 e. The quantitative estimate of drug-likeness (QED) is 0.687. The van der Waals surface area contributed by atoms with Crippen LogP contribution < -0.4 is 0 Å². The van der Waals surface area contributed by atoms with E-state index in [0.29, 0.717) is 0 Å². The predicted octanol–water partition coefficient (Wildman–Crippen LogP) is 4.24. The number of aromatic nitrogens is 2. The van der Waals surface area contributed by atoms with Crippen molar-refractivity contribution in [3.05, 3.63) is 47.7 Å². The first-order valence-electron chi connectivity index (χ1n) is 5.24. The molecule has 0 spiro atoms. The van der Waals surface area contributed by atoms with Crippen LogP contribution in [0.5, 0.6) is 0 Å². The summed E-state index contributed by atoms with van der Waals surface area (Å²) in [7, 11) is 0. The van der Waals surface area contributed by atoms with Gasteiger partial charge in [0.25, 0.3) is 0 Å². The average molecular weight is 258 g/mol. The zero-order valence-electron chi connectivity index (χ0n) is 9.25. The van der Waals surface area contributed by atoms with Crippen molar-refractivity contribution in [3.8, 4) is 20.3 Å². The van der Waals surface area contributed by atoms with Crippen LogP contribution in [0.25, 0.3) is 20.3 Å². The highest BCUT2D eigenvalue weighted by molar-refractivity contribution is 7.22. The molecule has 0 saturated heterocycles. The molecule has 0 aliphatic rings. The summed E-state index contributed by atoms with van der Waals surface area (Å²) in [6.45, 7) is 2.11. The van der Waals surface area contributed by atoms with Gasteiger partial charge >= 0.3 is 0 Å². The molecule has 4 heteroatoms. The SMILES string of the molecule is Cc1csc(-c2ncc(-c3ccncc3)s2)c1. The van der Waals surface area contributed by atoms with E-state index in [4.69, 9.17) is 0 Å². The minimum absolute atomic E-state index is 1.09. The molecule has 0 fully saturated rings. The van der Waals surface area contributed by atoms with Crippen LogP contribution in [0.3, 0.4) is 0 Å². The maximum atomic E-state index is 4.48. The Morgan fingerprint density at radius 2 is 1.94 bits per heavy atom. The molecule has 3 aromatic rings. The third kappa shape index (κ3) is 2.14. The number of rotatable bonds is 2. The fourth-order valence-electron chi connectivity index (χ4n) is 1.58. The maximum Gasteiger partial charge on any atom is 0.133 e. The molecule has 84 valence electrons. The lowest BCUT2D eigenvalue weighted by atomic mass is 10.2. The number of thiophene rings is 1. The van der Waals surface area contributed by atoms with Crippen LogP contribution in [-0.2, 0) is 0 Å². The highest BCUT2D eigenvalue weighted by atomic mass is 32.1. The second kappa shape index (κ2) is 4.39. The van der Waals surface area contributed by atoms with Crippen LogP contribution in [0.15, 0.2) is 42.2 Å². The second-order valence-corrected chi connectivity index (χ2v) is 5.70. The van der Waals surface area contributed by atoms with Gasteiger partial charge in [0, 0.05) is 18.6 Å². The number of hydrogen-bond acceptors (Lipinski definition) is 4. The monoisotopic (exact) mass is 258 g/mol. The fraction of sp³-hybridized carbons (Fsp3) is 0.0769. The summed E-state index contributed by atoms with van der Waals surface area (Å²) in [6, 6.07) is 6.20. The average Bonchev–Trinajstić information content (AvgIpc) is 2.98. The van der Waals surface area contributed by atoms with E-state index >= 15 is 0 Å². The summed E-state index contributed by atoms with van der Waals surface area (Å²) in [4.78, 5) is 10.9. The van der Waals surface area contributed by atoms with Gasteiger partial charge in [-0.25, -0.2) is 4.98 Å². The Morgan fingerprint density at radius 1 is 1.12 bits per heavy atom. The molecule has 3 rings (SSSR count). The third-order valence-electron chi connectivity index (χ3n) is 2.41. The zero-order chi connectivity index (χ0) is 11.7. The lowest BCUT2D eigenvalue weighted by molar-refractivity contribution is 1.33. The fourth-order valence-corrected chi connectivity index (χ4v) is 3.47. The smallest absolute Gasteiger partial charge is 0.133 e. The van der Waals surface area contributed by atoms with Crippen molar-refractivity contribution >= 4 is 22.7 Å². The van der Waals surface area contributed by atoms with Gasteiger partial charge in [-0.1, -0.05) is 0 Å². The summed E-state index contributed by atoms with van der Waals surface area (Å²) in [6.07, 6.45) is 5.55. The van der Waals surface area contributed by atoms with Gasteiger partial charge in [0.2, 0.25) is 0 Å². The molecule has 0 aliphatic heterocycles. The lowest BCUT2D eigenvalue weighted by Gasteiger charge is -1.92. The Hall–Kier alpha value is -1.52. The van der Waals surface area contributed by atoms with Crippen molar-refractivity contribution in [1.29, 1.82) is 0 Å². The molecule has 0 aliphatic carbocycles. The molecule has 0 unspecified atom stereocenters. The molecule has 0 saturated carbocycles. The Balaban J connectivity index is 1.99. The Kier molecular flexibility index (Phi) is 2.74. The molecule has 0 radical (unpaired) electrons. The number of pyridine rings is 1. The van der Waals surface area contributed by atoms with E-state index in [0.717, 1.165) is 5.01 Å². The van der Waals surface area contributed by atoms with E-state index in [-0.39, 0.29) is 0 Å². The Bertz CT molecular complexity index is 626. The molecule has 3 aromatic heterocycles. The van der Waals surface area contributed by atoms with Crippen LogP contribution in [0.1, 0.15) is 5.56 Å². The van der Waals surface area contributed by atoms with Gasteiger partial charge in [-0.3, -0.25) is 4.98 Å². The topological polar surface area (TPSA) is 25.8 Å². The first kappa shape index (κ1) is 10.6. The highest BCUT2D eigenvalue weighted by Gasteiger charge is 2.07. The minimum atomic E-state index is 1.09. The molecule has 0 atom stereocenters.